The maximum absolute atomic E-state index is 12.2. The number of amides is 1. The Morgan fingerprint density at radius 2 is 2.00 bits per heavy atom. The molecule has 0 radical (unpaired) electrons. The Morgan fingerprint density at radius 1 is 1.24 bits per heavy atom. The van der Waals surface area contributed by atoms with Crippen LogP contribution in [0.25, 0.3) is 5.69 Å². The van der Waals surface area contributed by atoms with Crippen LogP contribution in [0.3, 0.4) is 0 Å². The van der Waals surface area contributed by atoms with Gasteiger partial charge >= 0.3 is 0 Å². The summed E-state index contributed by atoms with van der Waals surface area (Å²) in [6.45, 7) is 0. The average Bonchev–Trinajstić information content (AvgIpc) is 3.00. The summed E-state index contributed by atoms with van der Waals surface area (Å²) in [4.78, 5) is 13.6. The third kappa shape index (κ3) is 3.11. The number of rotatable bonds is 3. The number of aliphatic hydroxyl groups is 1. The second-order valence-electron chi connectivity index (χ2n) is 5.29. The largest absolute Gasteiger partial charge is 0.391 e. The van der Waals surface area contributed by atoms with Gasteiger partial charge in [0, 0.05) is 0 Å². The molecule has 1 saturated carbocycles. The Kier molecular flexibility index (Phi) is 3.96. The van der Waals surface area contributed by atoms with E-state index in [0.29, 0.717) is 0 Å². The molecule has 1 aliphatic carbocycles. The number of hydrogen-bond donors (Lipinski definition) is 2. The van der Waals surface area contributed by atoms with Crippen LogP contribution in [0.4, 0.5) is 0 Å². The highest BCUT2D eigenvalue weighted by Crippen LogP contribution is 2.18. The fraction of sp³-hybridized carbons (Fsp3) is 0.400. The van der Waals surface area contributed by atoms with Crippen molar-refractivity contribution in [3.05, 3.63) is 42.2 Å². The standard InChI is InChI=1S/C15H18N4O2/c20-14-9-5-4-8-12(14)17-15(21)13-10-16-19(18-13)11-6-2-1-3-7-11/h1-3,6-7,10,12,14,20H,4-5,8-9H2,(H,17,21)/t12-,14-/m1/s1. The van der Waals surface area contributed by atoms with Crippen molar-refractivity contribution in [3.63, 3.8) is 0 Å². The van der Waals surface area contributed by atoms with Gasteiger partial charge in [-0.15, -0.1) is 5.10 Å². The van der Waals surface area contributed by atoms with Crippen molar-refractivity contribution in [3.8, 4) is 5.69 Å². The van der Waals surface area contributed by atoms with Crippen LogP contribution in [0.15, 0.2) is 36.5 Å². The minimum Gasteiger partial charge on any atom is -0.391 e. The van der Waals surface area contributed by atoms with Gasteiger partial charge in [-0.2, -0.15) is 9.90 Å². The van der Waals surface area contributed by atoms with E-state index in [-0.39, 0.29) is 17.6 Å². The highest BCUT2D eigenvalue weighted by atomic mass is 16.3. The molecule has 0 aliphatic heterocycles. The Labute approximate surface area is 122 Å². The lowest BCUT2D eigenvalue weighted by Gasteiger charge is -2.27. The monoisotopic (exact) mass is 286 g/mol. The molecule has 2 atom stereocenters. The van der Waals surface area contributed by atoms with Gasteiger partial charge in [-0.25, -0.2) is 0 Å². The molecular formula is C15H18N4O2. The second kappa shape index (κ2) is 6.05. The topological polar surface area (TPSA) is 80.0 Å². The zero-order valence-corrected chi connectivity index (χ0v) is 11.6. The van der Waals surface area contributed by atoms with Crippen LogP contribution in [0, 0.1) is 0 Å². The minimum atomic E-state index is -0.466. The maximum Gasteiger partial charge on any atom is 0.273 e. The molecule has 0 unspecified atom stereocenters. The van der Waals surface area contributed by atoms with Gasteiger partial charge < -0.3 is 10.4 Å². The van der Waals surface area contributed by atoms with Gasteiger partial charge in [0.15, 0.2) is 5.69 Å². The number of nitrogens with zero attached hydrogens (tertiary/aromatic N) is 3. The molecule has 0 bridgehead atoms. The molecule has 6 nitrogen and oxygen atoms in total. The number of benzene rings is 1. The van der Waals surface area contributed by atoms with Gasteiger partial charge in [-0.1, -0.05) is 31.0 Å². The normalized spacial score (nSPS) is 22.0. The van der Waals surface area contributed by atoms with E-state index < -0.39 is 6.10 Å². The number of carbonyl (C=O) groups is 1. The van der Waals surface area contributed by atoms with E-state index in [1.54, 1.807) is 0 Å². The number of nitrogens with one attached hydrogen (secondary N) is 1. The summed E-state index contributed by atoms with van der Waals surface area (Å²) < 4.78 is 0. The third-order valence-corrected chi connectivity index (χ3v) is 3.76. The predicted octanol–water partition coefficient (Wildman–Crippen LogP) is 1.30. The van der Waals surface area contributed by atoms with Crippen molar-refractivity contribution in [2.75, 3.05) is 0 Å². The first-order chi connectivity index (χ1) is 10.2. The third-order valence-electron chi connectivity index (χ3n) is 3.76. The second-order valence-corrected chi connectivity index (χ2v) is 5.29. The summed E-state index contributed by atoms with van der Waals surface area (Å²) in [6, 6.07) is 9.23. The van der Waals surface area contributed by atoms with E-state index in [0.717, 1.165) is 31.4 Å². The summed E-state index contributed by atoms with van der Waals surface area (Å²) >= 11 is 0. The summed E-state index contributed by atoms with van der Waals surface area (Å²) in [7, 11) is 0. The number of carbonyl (C=O) groups excluding carboxylic acids is 1. The smallest absolute Gasteiger partial charge is 0.273 e. The van der Waals surface area contributed by atoms with Crippen molar-refractivity contribution in [2.45, 2.75) is 37.8 Å². The molecule has 1 aromatic carbocycles. The first kappa shape index (κ1) is 13.8. The Balaban J connectivity index is 1.69. The number of aromatic nitrogens is 3. The Bertz CT molecular complexity index is 611. The number of aliphatic hydroxyl groups excluding tert-OH is 1. The van der Waals surface area contributed by atoms with Gasteiger partial charge in [0.1, 0.15) is 0 Å². The lowest BCUT2D eigenvalue weighted by molar-refractivity contribution is 0.0713. The molecular weight excluding hydrogens is 268 g/mol. The maximum atomic E-state index is 12.2. The number of para-hydroxylation sites is 1. The van der Waals surface area contributed by atoms with Crippen LogP contribution < -0.4 is 5.32 Å². The summed E-state index contributed by atoms with van der Waals surface area (Å²) in [5.41, 5.74) is 1.06. The first-order valence-electron chi connectivity index (χ1n) is 7.21. The van der Waals surface area contributed by atoms with Crippen LogP contribution in [-0.4, -0.2) is 38.2 Å². The molecule has 2 aromatic rings. The zero-order valence-electron chi connectivity index (χ0n) is 11.6. The van der Waals surface area contributed by atoms with Gasteiger partial charge in [0.25, 0.3) is 5.91 Å². The van der Waals surface area contributed by atoms with Crippen LogP contribution in [0.2, 0.25) is 0 Å². The van der Waals surface area contributed by atoms with E-state index in [9.17, 15) is 9.90 Å². The Hall–Kier alpha value is -2.21. The lowest BCUT2D eigenvalue weighted by atomic mass is 9.92. The van der Waals surface area contributed by atoms with Crippen LogP contribution >= 0.6 is 0 Å². The van der Waals surface area contributed by atoms with Crippen LogP contribution in [-0.2, 0) is 0 Å². The molecule has 3 rings (SSSR count). The van der Waals surface area contributed by atoms with Gasteiger partial charge in [0.05, 0.1) is 24.0 Å². The number of hydrogen-bond acceptors (Lipinski definition) is 4. The molecule has 1 fully saturated rings. The molecule has 0 spiro atoms. The highest BCUT2D eigenvalue weighted by molar-refractivity contribution is 5.92. The fourth-order valence-electron chi connectivity index (χ4n) is 2.57. The van der Waals surface area contributed by atoms with Crippen molar-refractivity contribution >= 4 is 5.91 Å². The molecule has 2 N–H and O–H groups in total. The molecule has 21 heavy (non-hydrogen) atoms. The van der Waals surface area contributed by atoms with E-state index in [2.05, 4.69) is 15.5 Å². The van der Waals surface area contributed by atoms with E-state index in [1.807, 2.05) is 30.3 Å². The van der Waals surface area contributed by atoms with Crippen LogP contribution in [0.5, 0.6) is 0 Å². The zero-order chi connectivity index (χ0) is 14.7. The highest BCUT2D eigenvalue weighted by Gasteiger charge is 2.25. The fourth-order valence-corrected chi connectivity index (χ4v) is 2.57. The first-order valence-corrected chi connectivity index (χ1v) is 7.21. The van der Waals surface area contributed by atoms with Gasteiger partial charge in [-0.3, -0.25) is 4.79 Å². The molecule has 110 valence electrons. The molecule has 1 heterocycles. The van der Waals surface area contributed by atoms with Gasteiger partial charge in [-0.05, 0) is 25.0 Å². The van der Waals surface area contributed by atoms with Crippen molar-refractivity contribution in [1.82, 2.24) is 20.3 Å². The van der Waals surface area contributed by atoms with Crippen molar-refractivity contribution in [2.24, 2.45) is 0 Å². The lowest BCUT2D eigenvalue weighted by Crippen LogP contribution is -2.45. The van der Waals surface area contributed by atoms with Crippen molar-refractivity contribution < 1.29 is 9.90 Å². The minimum absolute atomic E-state index is 0.187. The molecule has 6 heteroatoms. The molecule has 1 amide bonds. The average molecular weight is 286 g/mol. The van der Waals surface area contributed by atoms with E-state index in [1.165, 1.54) is 11.0 Å². The van der Waals surface area contributed by atoms with E-state index >= 15 is 0 Å². The molecule has 0 saturated heterocycles. The quantitative estimate of drug-likeness (QED) is 0.891. The summed E-state index contributed by atoms with van der Waals surface area (Å²) in [5.74, 6) is -0.289. The van der Waals surface area contributed by atoms with Crippen molar-refractivity contribution in [1.29, 1.82) is 0 Å². The van der Waals surface area contributed by atoms with E-state index in [4.69, 9.17) is 0 Å². The molecule has 1 aromatic heterocycles. The SMILES string of the molecule is O=C(N[C@@H]1CCCC[C@H]1O)c1cnn(-c2ccccc2)n1. The molecule has 1 aliphatic rings. The summed E-state index contributed by atoms with van der Waals surface area (Å²) in [6.07, 6.45) is 4.56. The Morgan fingerprint density at radius 3 is 2.76 bits per heavy atom. The predicted molar refractivity (Wildman–Crippen MR) is 77.1 cm³/mol. The summed E-state index contributed by atoms with van der Waals surface area (Å²) in [5, 5.41) is 21.0. The van der Waals surface area contributed by atoms with Crippen LogP contribution in [0.1, 0.15) is 36.2 Å². The van der Waals surface area contributed by atoms with Gasteiger partial charge in [0.2, 0.25) is 0 Å².